The van der Waals surface area contributed by atoms with Crippen molar-refractivity contribution in [1.29, 1.82) is 0 Å². The molecule has 0 radical (unpaired) electrons. The smallest absolute Gasteiger partial charge is 0.0705 e. The second-order valence-electron chi connectivity index (χ2n) is 5.34. The van der Waals surface area contributed by atoms with Gasteiger partial charge in [0, 0.05) is 48.0 Å². The summed E-state index contributed by atoms with van der Waals surface area (Å²) in [4.78, 5) is 3.37. The summed E-state index contributed by atoms with van der Waals surface area (Å²) in [5, 5.41) is 9.75. The van der Waals surface area contributed by atoms with Crippen LogP contribution in [0.4, 0.5) is 0 Å². The van der Waals surface area contributed by atoms with Crippen LogP contribution in [0.25, 0.3) is 10.9 Å². The van der Waals surface area contributed by atoms with E-state index in [9.17, 15) is 0 Å². The predicted molar refractivity (Wildman–Crippen MR) is 86.5 cm³/mol. The number of fused-ring (bicyclic) bond motifs is 1. The van der Waals surface area contributed by atoms with Gasteiger partial charge in [0.15, 0.2) is 0 Å². The van der Waals surface area contributed by atoms with Gasteiger partial charge >= 0.3 is 0 Å². The standard InChI is InChI=1S/C16H19ClN4/c1-10-13(11(2)21(3)20-10)8-18-9-15-16(17)12-6-4-5-7-14(12)19-15/h4-7,18-19H,8-9H2,1-3H3. The Bertz CT molecular complexity index is 785. The monoisotopic (exact) mass is 302 g/mol. The molecule has 0 aliphatic carbocycles. The van der Waals surface area contributed by atoms with Gasteiger partial charge in [-0.05, 0) is 19.9 Å². The second-order valence-corrected chi connectivity index (χ2v) is 5.72. The number of hydrogen-bond donors (Lipinski definition) is 2. The van der Waals surface area contributed by atoms with Crippen LogP contribution in [-0.2, 0) is 20.1 Å². The van der Waals surface area contributed by atoms with Gasteiger partial charge in [0.05, 0.1) is 10.7 Å². The molecule has 2 aromatic heterocycles. The molecule has 0 amide bonds. The number of hydrogen-bond acceptors (Lipinski definition) is 2. The number of para-hydroxylation sites is 1. The lowest BCUT2D eigenvalue weighted by Crippen LogP contribution is -2.14. The zero-order valence-corrected chi connectivity index (χ0v) is 13.3. The topological polar surface area (TPSA) is 45.6 Å². The molecule has 3 rings (SSSR count). The Kier molecular flexibility index (Phi) is 3.74. The Balaban J connectivity index is 1.73. The fourth-order valence-corrected chi connectivity index (χ4v) is 2.95. The number of nitrogens with zero attached hydrogens (tertiary/aromatic N) is 2. The highest BCUT2D eigenvalue weighted by Gasteiger charge is 2.11. The van der Waals surface area contributed by atoms with Crippen LogP contribution in [0, 0.1) is 13.8 Å². The molecule has 4 nitrogen and oxygen atoms in total. The van der Waals surface area contributed by atoms with Gasteiger partial charge in [-0.2, -0.15) is 5.10 Å². The molecule has 110 valence electrons. The van der Waals surface area contributed by atoms with E-state index in [-0.39, 0.29) is 0 Å². The van der Waals surface area contributed by atoms with Crippen LogP contribution < -0.4 is 5.32 Å². The molecule has 5 heteroatoms. The van der Waals surface area contributed by atoms with E-state index in [1.165, 1.54) is 11.3 Å². The predicted octanol–water partition coefficient (Wildman–Crippen LogP) is 3.46. The molecule has 21 heavy (non-hydrogen) atoms. The van der Waals surface area contributed by atoms with Crippen molar-refractivity contribution in [1.82, 2.24) is 20.1 Å². The number of aromatic amines is 1. The zero-order chi connectivity index (χ0) is 15.0. The van der Waals surface area contributed by atoms with Gasteiger partial charge in [-0.1, -0.05) is 29.8 Å². The van der Waals surface area contributed by atoms with Crippen LogP contribution in [0.1, 0.15) is 22.6 Å². The zero-order valence-electron chi connectivity index (χ0n) is 12.5. The van der Waals surface area contributed by atoms with Crippen molar-refractivity contribution < 1.29 is 0 Å². The lowest BCUT2D eigenvalue weighted by molar-refractivity contribution is 0.675. The van der Waals surface area contributed by atoms with Crippen LogP contribution in [0.5, 0.6) is 0 Å². The summed E-state index contributed by atoms with van der Waals surface area (Å²) in [5.41, 5.74) is 5.63. The molecule has 1 aromatic carbocycles. The molecule has 0 spiro atoms. The van der Waals surface area contributed by atoms with E-state index in [1.54, 1.807) is 0 Å². The average Bonchev–Trinajstić information content (AvgIpc) is 2.91. The van der Waals surface area contributed by atoms with Crippen LogP contribution in [0.2, 0.25) is 5.02 Å². The van der Waals surface area contributed by atoms with Crippen molar-refractivity contribution in [3.63, 3.8) is 0 Å². The maximum absolute atomic E-state index is 6.42. The van der Waals surface area contributed by atoms with Crippen LogP contribution in [-0.4, -0.2) is 14.8 Å². The molecular weight excluding hydrogens is 284 g/mol. The molecule has 2 N–H and O–H groups in total. The Hall–Kier alpha value is -1.78. The summed E-state index contributed by atoms with van der Waals surface area (Å²) in [6.07, 6.45) is 0. The normalized spacial score (nSPS) is 11.4. The Morgan fingerprint density at radius 2 is 2.00 bits per heavy atom. The summed E-state index contributed by atoms with van der Waals surface area (Å²) in [6, 6.07) is 8.09. The third-order valence-corrected chi connectivity index (χ3v) is 4.41. The highest BCUT2D eigenvalue weighted by Crippen LogP contribution is 2.27. The summed E-state index contributed by atoms with van der Waals surface area (Å²) < 4.78 is 1.92. The lowest BCUT2D eigenvalue weighted by atomic mass is 10.2. The Labute approximate surface area is 129 Å². The fraction of sp³-hybridized carbons (Fsp3) is 0.312. The van der Waals surface area contributed by atoms with Gasteiger partial charge in [0.25, 0.3) is 0 Å². The SMILES string of the molecule is Cc1nn(C)c(C)c1CNCc1[nH]c2ccccc2c1Cl. The van der Waals surface area contributed by atoms with Gasteiger partial charge in [0.2, 0.25) is 0 Å². The largest absolute Gasteiger partial charge is 0.356 e. The van der Waals surface area contributed by atoms with Gasteiger partial charge in [-0.3, -0.25) is 4.68 Å². The number of H-pyrrole nitrogens is 1. The van der Waals surface area contributed by atoms with E-state index in [2.05, 4.69) is 22.3 Å². The molecule has 0 fully saturated rings. The van der Waals surface area contributed by atoms with Crippen molar-refractivity contribution in [2.24, 2.45) is 7.05 Å². The van der Waals surface area contributed by atoms with Crippen molar-refractivity contribution in [2.75, 3.05) is 0 Å². The molecule has 0 unspecified atom stereocenters. The van der Waals surface area contributed by atoms with E-state index >= 15 is 0 Å². The number of aromatic nitrogens is 3. The van der Waals surface area contributed by atoms with Crippen molar-refractivity contribution in [3.05, 3.63) is 51.9 Å². The number of rotatable bonds is 4. The fourth-order valence-electron chi connectivity index (χ4n) is 2.67. The maximum Gasteiger partial charge on any atom is 0.0705 e. The van der Waals surface area contributed by atoms with E-state index < -0.39 is 0 Å². The average molecular weight is 303 g/mol. The molecule has 0 saturated heterocycles. The highest BCUT2D eigenvalue weighted by atomic mass is 35.5. The molecular formula is C16H19ClN4. The van der Waals surface area contributed by atoms with Crippen molar-refractivity contribution >= 4 is 22.5 Å². The van der Waals surface area contributed by atoms with Crippen molar-refractivity contribution in [2.45, 2.75) is 26.9 Å². The van der Waals surface area contributed by atoms with Gasteiger partial charge < -0.3 is 10.3 Å². The van der Waals surface area contributed by atoms with Gasteiger partial charge in [-0.25, -0.2) is 0 Å². The van der Waals surface area contributed by atoms with Gasteiger partial charge in [0.1, 0.15) is 0 Å². The molecule has 0 aliphatic rings. The molecule has 0 aliphatic heterocycles. The summed E-state index contributed by atoms with van der Waals surface area (Å²) in [6.45, 7) is 5.63. The second kappa shape index (κ2) is 5.54. The third kappa shape index (κ3) is 2.57. The van der Waals surface area contributed by atoms with Crippen molar-refractivity contribution in [3.8, 4) is 0 Å². The minimum absolute atomic E-state index is 0.710. The minimum Gasteiger partial charge on any atom is -0.356 e. The van der Waals surface area contributed by atoms with Crippen LogP contribution in [0.3, 0.4) is 0 Å². The van der Waals surface area contributed by atoms with E-state index in [0.29, 0.717) is 6.54 Å². The first-order chi connectivity index (χ1) is 10.1. The molecule has 2 heterocycles. The molecule has 0 bridgehead atoms. The molecule has 3 aromatic rings. The maximum atomic E-state index is 6.42. The minimum atomic E-state index is 0.710. The quantitative estimate of drug-likeness (QED) is 0.775. The van der Waals surface area contributed by atoms with E-state index in [0.717, 1.165) is 33.9 Å². The summed E-state index contributed by atoms with van der Waals surface area (Å²) >= 11 is 6.42. The number of nitrogens with one attached hydrogen (secondary N) is 2. The third-order valence-electron chi connectivity index (χ3n) is 3.98. The first-order valence-corrected chi connectivity index (χ1v) is 7.40. The first kappa shape index (κ1) is 14.2. The number of halogens is 1. The summed E-state index contributed by atoms with van der Waals surface area (Å²) in [5.74, 6) is 0. The molecule has 0 saturated carbocycles. The van der Waals surface area contributed by atoms with E-state index in [1.807, 2.05) is 42.9 Å². The Morgan fingerprint density at radius 1 is 1.24 bits per heavy atom. The highest BCUT2D eigenvalue weighted by molar-refractivity contribution is 6.36. The first-order valence-electron chi connectivity index (χ1n) is 7.02. The molecule has 0 atom stereocenters. The number of aryl methyl sites for hydroxylation is 2. The van der Waals surface area contributed by atoms with E-state index in [4.69, 9.17) is 11.6 Å². The number of benzene rings is 1. The lowest BCUT2D eigenvalue weighted by Gasteiger charge is -2.05. The summed E-state index contributed by atoms with van der Waals surface area (Å²) in [7, 11) is 1.97. The van der Waals surface area contributed by atoms with Crippen LogP contribution in [0.15, 0.2) is 24.3 Å². The Morgan fingerprint density at radius 3 is 2.67 bits per heavy atom. The van der Waals surface area contributed by atoms with Gasteiger partial charge in [-0.15, -0.1) is 0 Å². The van der Waals surface area contributed by atoms with Crippen LogP contribution >= 0.6 is 11.6 Å².